The van der Waals surface area contributed by atoms with E-state index in [4.69, 9.17) is 28.4 Å². The molecule has 0 spiro atoms. The van der Waals surface area contributed by atoms with Gasteiger partial charge in [0.05, 0.1) is 31.3 Å². The van der Waals surface area contributed by atoms with Gasteiger partial charge in [-0.3, -0.25) is 4.79 Å². The lowest BCUT2D eigenvalue weighted by Crippen LogP contribution is -2.65. The fraction of sp³-hybridized carbons (Fsp3) is 0.891. The lowest BCUT2D eigenvalue weighted by Gasteiger charge is -2.62. The van der Waals surface area contributed by atoms with Gasteiger partial charge in [0.1, 0.15) is 61.0 Å². The second kappa shape index (κ2) is 18.2. The average Bonchev–Trinajstić information content (AvgIpc) is 3.55. The lowest BCUT2D eigenvalue weighted by molar-refractivity contribution is -0.384. The van der Waals surface area contributed by atoms with Crippen molar-refractivity contribution in [1.29, 1.82) is 0 Å². The molecule has 0 radical (unpaired) electrons. The van der Waals surface area contributed by atoms with Gasteiger partial charge in [0.25, 0.3) is 0 Å². The summed E-state index contributed by atoms with van der Waals surface area (Å²) in [5.41, 5.74) is 1.68. The predicted octanol–water partition coefficient (Wildman–Crippen LogP) is 2.29. The second-order valence-electron chi connectivity index (χ2n) is 21.0. The van der Waals surface area contributed by atoms with Crippen LogP contribution in [0, 0.1) is 39.4 Å². The number of aliphatic hydroxyl groups is 8. The number of rotatable bonds is 12. The van der Waals surface area contributed by atoms with Gasteiger partial charge in [-0.2, -0.15) is 0 Å². The van der Waals surface area contributed by atoms with E-state index in [1.807, 2.05) is 0 Å². The molecule has 0 aromatic rings. The number of carboxylic acids is 1. The first-order valence-corrected chi connectivity index (χ1v) is 23.0. The first-order valence-electron chi connectivity index (χ1n) is 23.0. The summed E-state index contributed by atoms with van der Waals surface area (Å²) < 4.78 is 36.6. The molecular weight excluding hydrogens is 808 g/mol. The Bertz CT molecular complexity index is 1660. The third-order valence-electron chi connectivity index (χ3n) is 17.0. The summed E-state index contributed by atoms with van der Waals surface area (Å²) in [7, 11) is 0. The highest BCUT2D eigenvalue weighted by atomic mass is 16.8. The highest BCUT2D eigenvalue weighted by Gasteiger charge is 2.68. The highest BCUT2D eigenvalue weighted by molar-refractivity contribution is 5.82. The summed E-state index contributed by atoms with van der Waals surface area (Å²) in [4.78, 5) is 13.8. The zero-order valence-corrected chi connectivity index (χ0v) is 37.5. The van der Waals surface area contributed by atoms with Crippen LogP contribution in [0.5, 0.6) is 0 Å². The molecule has 7 rings (SSSR count). The molecule has 2 saturated carbocycles. The number of carbonyl (C=O) groups is 1. The van der Waals surface area contributed by atoms with E-state index < -0.39 is 109 Å². The van der Waals surface area contributed by atoms with E-state index >= 15 is 0 Å². The van der Waals surface area contributed by atoms with Crippen molar-refractivity contribution >= 4 is 5.97 Å². The van der Waals surface area contributed by atoms with Crippen LogP contribution in [0.3, 0.4) is 0 Å². The van der Waals surface area contributed by atoms with Gasteiger partial charge in [-0.25, -0.2) is 0 Å². The minimum atomic E-state index is -1.81. The fourth-order valence-electron chi connectivity index (χ4n) is 13.5. The Morgan fingerprint density at radius 1 is 0.758 bits per heavy atom. The van der Waals surface area contributed by atoms with E-state index in [1.54, 1.807) is 0 Å². The molecule has 3 saturated heterocycles. The van der Waals surface area contributed by atoms with Crippen molar-refractivity contribution in [3.8, 4) is 0 Å². The first-order chi connectivity index (χ1) is 29.1. The van der Waals surface area contributed by atoms with Gasteiger partial charge < -0.3 is 74.4 Å². The van der Waals surface area contributed by atoms with Crippen LogP contribution in [0.25, 0.3) is 0 Å². The Labute approximate surface area is 365 Å². The Morgan fingerprint density at radius 2 is 1.42 bits per heavy atom. The van der Waals surface area contributed by atoms with Gasteiger partial charge in [0, 0.05) is 0 Å². The van der Waals surface area contributed by atoms with Crippen molar-refractivity contribution in [1.82, 2.24) is 0 Å². The summed E-state index contributed by atoms with van der Waals surface area (Å²) in [5, 5.41) is 95.9. The van der Waals surface area contributed by atoms with Crippen LogP contribution < -0.4 is 0 Å². The number of hydrogen-bond donors (Lipinski definition) is 9. The summed E-state index contributed by atoms with van der Waals surface area (Å²) in [6.45, 7) is 14.0. The average molecular weight is 883 g/mol. The zero-order valence-electron chi connectivity index (χ0n) is 37.5. The summed E-state index contributed by atoms with van der Waals surface area (Å²) >= 11 is 0. The third kappa shape index (κ3) is 8.07. The van der Waals surface area contributed by atoms with E-state index in [-0.39, 0.29) is 30.0 Å². The van der Waals surface area contributed by atoms with Crippen LogP contribution >= 0.6 is 0 Å². The SMILES string of the molecule is CC(C)=CCC[C@@H](C)[C@H]1CC[C@@]2(C(=O)O)C3=C(CC[C@]12C)[C@@]1(C)CC[C@H](O[C@@H]2OC[C@H](O)[C@H](O[C@@H]4OC[C@H](O)[C@H](O)[C@H]4O)[C@H]2O[C@@H]2O[C@H](CO)[C@H](O)[C@H](O)[C@H]2O)C(C)(C)[C@@H]1CC3. The monoisotopic (exact) mass is 882 g/mol. The van der Waals surface area contributed by atoms with Crippen molar-refractivity contribution in [2.75, 3.05) is 19.8 Å². The van der Waals surface area contributed by atoms with Gasteiger partial charge in [-0.15, -0.1) is 0 Å². The molecule has 62 heavy (non-hydrogen) atoms. The Morgan fingerprint density at radius 3 is 2.10 bits per heavy atom. The van der Waals surface area contributed by atoms with Crippen LogP contribution in [0.1, 0.15) is 113 Å². The molecular formula is C46H74O16. The number of ether oxygens (including phenoxy) is 6. The summed E-state index contributed by atoms with van der Waals surface area (Å²) in [6.07, 6.45) is -10.2. The van der Waals surface area contributed by atoms with Crippen LogP contribution in [0.2, 0.25) is 0 Å². The van der Waals surface area contributed by atoms with Crippen molar-refractivity contribution in [2.45, 2.75) is 199 Å². The maximum absolute atomic E-state index is 13.8. The van der Waals surface area contributed by atoms with E-state index in [0.29, 0.717) is 31.1 Å². The van der Waals surface area contributed by atoms with Crippen LogP contribution in [0.4, 0.5) is 0 Å². The third-order valence-corrected chi connectivity index (χ3v) is 17.0. The molecule has 0 unspecified atom stereocenters. The predicted molar refractivity (Wildman–Crippen MR) is 221 cm³/mol. The summed E-state index contributed by atoms with van der Waals surface area (Å²) in [5.74, 6) is 0.112. The van der Waals surface area contributed by atoms with Gasteiger partial charge in [0.2, 0.25) is 0 Å². The highest BCUT2D eigenvalue weighted by Crippen LogP contribution is 2.73. The molecule has 4 aliphatic carbocycles. The molecule has 16 heteroatoms. The summed E-state index contributed by atoms with van der Waals surface area (Å²) in [6, 6.07) is 0. The fourth-order valence-corrected chi connectivity index (χ4v) is 13.5. The molecule has 0 aromatic carbocycles. The minimum Gasteiger partial charge on any atom is -0.481 e. The van der Waals surface area contributed by atoms with Gasteiger partial charge in [-0.05, 0) is 112 Å². The number of fused-ring (bicyclic) bond motifs is 4. The van der Waals surface area contributed by atoms with Crippen molar-refractivity contribution in [3.05, 3.63) is 22.8 Å². The smallest absolute Gasteiger partial charge is 0.314 e. The van der Waals surface area contributed by atoms with Gasteiger partial charge in [0.15, 0.2) is 18.9 Å². The quantitative estimate of drug-likeness (QED) is 0.128. The lowest BCUT2D eigenvalue weighted by atomic mass is 9.43. The molecule has 7 aliphatic rings. The Balaban J connectivity index is 1.15. The Hall–Kier alpha value is -1.61. The maximum atomic E-state index is 13.8. The molecule has 0 amide bonds. The first kappa shape index (κ1) is 48.3. The molecule has 3 heterocycles. The molecule has 20 atom stereocenters. The van der Waals surface area contributed by atoms with Gasteiger partial charge in [-0.1, -0.05) is 57.4 Å². The van der Waals surface area contributed by atoms with Gasteiger partial charge >= 0.3 is 5.97 Å². The zero-order chi connectivity index (χ0) is 45.3. The van der Waals surface area contributed by atoms with E-state index in [2.05, 4.69) is 54.5 Å². The number of carboxylic acid groups (broad SMARTS) is 1. The van der Waals surface area contributed by atoms with Crippen LogP contribution in [-0.2, 0) is 33.2 Å². The van der Waals surface area contributed by atoms with Crippen LogP contribution in [-0.4, -0.2) is 158 Å². The standard InChI is InChI=1S/C46H74O16/c1-22(2)9-8-10-23(3)24-14-18-46(42(55)56)26-11-12-30-43(4,5)31(15-16-44(30,6)25(26)13-17-45(24,46)7)60-41-38(62-40-36(54)34(52)33(51)29(19-47)59-40)37(28(49)21-58-41)61-39-35(53)32(50)27(48)20-57-39/h9,23-24,27-41,47-54H,8,10-21H2,1-7H3,(H,55,56)/t23-,24-,27+,28+,29-,30+,31+,32+,33+,34+,35-,36-,37+,38-,39+,40+,41+,44-,45-,46+/m1/s1. The maximum Gasteiger partial charge on any atom is 0.314 e. The molecule has 0 aromatic heterocycles. The Kier molecular flexibility index (Phi) is 14.2. The van der Waals surface area contributed by atoms with E-state index in [9.17, 15) is 50.8 Å². The molecule has 5 fully saturated rings. The number of aliphatic carboxylic acids is 1. The van der Waals surface area contributed by atoms with Crippen molar-refractivity contribution < 1.29 is 79.2 Å². The number of aliphatic hydroxyl groups excluding tert-OH is 8. The normalized spacial score (nSPS) is 48.4. The molecule has 0 bridgehead atoms. The number of allylic oxidation sites excluding steroid dienone is 3. The van der Waals surface area contributed by atoms with E-state index in [1.165, 1.54) is 11.1 Å². The van der Waals surface area contributed by atoms with E-state index in [0.717, 1.165) is 50.5 Å². The van der Waals surface area contributed by atoms with Crippen LogP contribution in [0.15, 0.2) is 22.8 Å². The minimum absolute atomic E-state index is 0.0904. The molecule has 3 aliphatic heterocycles. The topological polar surface area (TPSA) is 255 Å². The number of hydrogen-bond acceptors (Lipinski definition) is 15. The molecule has 354 valence electrons. The van der Waals surface area contributed by atoms with Crippen molar-refractivity contribution in [2.24, 2.45) is 39.4 Å². The second-order valence-corrected chi connectivity index (χ2v) is 21.0. The van der Waals surface area contributed by atoms with Crippen molar-refractivity contribution in [3.63, 3.8) is 0 Å². The largest absolute Gasteiger partial charge is 0.481 e. The molecule has 9 N–H and O–H groups in total. The molecule has 16 nitrogen and oxygen atoms in total.